The molecule has 0 fully saturated rings. The summed E-state index contributed by atoms with van der Waals surface area (Å²) in [6, 6.07) is 1.60. The highest BCUT2D eigenvalue weighted by atomic mass is 79.9. The van der Waals surface area contributed by atoms with Crippen LogP contribution >= 0.6 is 15.9 Å². The van der Waals surface area contributed by atoms with Crippen LogP contribution in [0.15, 0.2) is 17.0 Å². The van der Waals surface area contributed by atoms with E-state index in [1.54, 1.807) is 6.07 Å². The van der Waals surface area contributed by atoms with Gasteiger partial charge in [-0.2, -0.15) is 13.2 Å². The average Bonchev–Trinajstić information content (AvgIpc) is 2.11. The summed E-state index contributed by atoms with van der Waals surface area (Å²) in [4.78, 5) is 7.63. The van der Waals surface area contributed by atoms with Crippen LogP contribution < -0.4 is 5.32 Å². The van der Waals surface area contributed by atoms with Crippen molar-refractivity contribution in [3.63, 3.8) is 0 Å². The van der Waals surface area contributed by atoms with Gasteiger partial charge in [0.15, 0.2) is 0 Å². The summed E-state index contributed by atoms with van der Waals surface area (Å²) in [5.41, 5.74) is 0. The van der Waals surface area contributed by atoms with Crippen molar-refractivity contribution < 1.29 is 13.2 Å². The van der Waals surface area contributed by atoms with Gasteiger partial charge in [-0.15, -0.1) is 0 Å². The fourth-order valence-electron chi connectivity index (χ4n) is 0.936. The molecule has 1 aromatic heterocycles. The van der Waals surface area contributed by atoms with Crippen LogP contribution in [0.5, 0.6) is 0 Å². The molecule has 15 heavy (non-hydrogen) atoms. The minimum Gasteiger partial charge on any atom is -0.370 e. The van der Waals surface area contributed by atoms with Gasteiger partial charge < -0.3 is 5.32 Å². The van der Waals surface area contributed by atoms with Gasteiger partial charge in [-0.3, -0.25) is 0 Å². The van der Waals surface area contributed by atoms with Crippen LogP contribution in [-0.2, 0) is 0 Å². The van der Waals surface area contributed by atoms with Gasteiger partial charge in [0.05, 0.1) is 0 Å². The molecule has 0 amide bonds. The van der Waals surface area contributed by atoms with E-state index >= 15 is 0 Å². The zero-order chi connectivity index (χ0) is 11.3. The van der Waals surface area contributed by atoms with E-state index in [1.165, 1.54) is 6.33 Å². The molecule has 0 aliphatic carbocycles. The van der Waals surface area contributed by atoms with Gasteiger partial charge in [0.1, 0.15) is 16.7 Å². The molecular formula is C8H9BrF3N3. The second-order valence-electron chi connectivity index (χ2n) is 2.87. The van der Waals surface area contributed by atoms with E-state index in [2.05, 4.69) is 31.2 Å². The first-order valence-electron chi connectivity index (χ1n) is 4.25. The zero-order valence-corrected chi connectivity index (χ0v) is 9.27. The van der Waals surface area contributed by atoms with Crippen molar-refractivity contribution in [1.29, 1.82) is 0 Å². The first-order valence-corrected chi connectivity index (χ1v) is 5.05. The van der Waals surface area contributed by atoms with Crippen molar-refractivity contribution in [1.82, 2.24) is 9.97 Å². The van der Waals surface area contributed by atoms with Gasteiger partial charge in [-0.25, -0.2) is 9.97 Å². The summed E-state index contributed by atoms with van der Waals surface area (Å²) in [6.07, 6.45) is -3.51. The molecule has 0 saturated carbocycles. The van der Waals surface area contributed by atoms with Crippen molar-refractivity contribution in [2.45, 2.75) is 19.0 Å². The lowest BCUT2D eigenvalue weighted by Gasteiger charge is -2.07. The third-order valence-electron chi connectivity index (χ3n) is 1.58. The third kappa shape index (κ3) is 5.56. The van der Waals surface area contributed by atoms with E-state index in [0.29, 0.717) is 10.4 Å². The third-order valence-corrected chi connectivity index (χ3v) is 2.01. The Morgan fingerprint density at radius 3 is 2.67 bits per heavy atom. The van der Waals surface area contributed by atoms with Gasteiger partial charge in [0, 0.05) is 19.0 Å². The predicted molar refractivity (Wildman–Crippen MR) is 53.5 cm³/mol. The van der Waals surface area contributed by atoms with Gasteiger partial charge in [0.25, 0.3) is 0 Å². The Morgan fingerprint density at radius 1 is 1.33 bits per heavy atom. The molecule has 1 aromatic rings. The molecule has 3 nitrogen and oxygen atoms in total. The normalized spacial score (nSPS) is 11.5. The number of nitrogens with one attached hydrogen (secondary N) is 1. The number of hydrogen-bond acceptors (Lipinski definition) is 3. The molecule has 0 aliphatic rings. The minimum atomic E-state index is -4.09. The summed E-state index contributed by atoms with van der Waals surface area (Å²) in [5.74, 6) is 0.513. The Balaban J connectivity index is 2.26. The summed E-state index contributed by atoms with van der Waals surface area (Å²) in [7, 11) is 0. The zero-order valence-electron chi connectivity index (χ0n) is 7.68. The van der Waals surface area contributed by atoms with E-state index in [4.69, 9.17) is 0 Å². The van der Waals surface area contributed by atoms with Crippen molar-refractivity contribution in [3.05, 3.63) is 17.0 Å². The Morgan fingerprint density at radius 2 is 2.07 bits per heavy atom. The number of nitrogens with zero attached hydrogens (tertiary/aromatic N) is 2. The molecule has 0 atom stereocenters. The molecule has 1 N–H and O–H groups in total. The van der Waals surface area contributed by atoms with Crippen LogP contribution in [0, 0.1) is 0 Å². The van der Waals surface area contributed by atoms with Gasteiger partial charge in [0.2, 0.25) is 0 Å². The maximum Gasteiger partial charge on any atom is 0.389 e. The van der Waals surface area contributed by atoms with E-state index in [0.717, 1.165) is 0 Å². The molecule has 0 aliphatic heterocycles. The summed E-state index contributed by atoms with van der Waals surface area (Å²) in [5, 5.41) is 2.78. The smallest absolute Gasteiger partial charge is 0.370 e. The molecule has 0 unspecified atom stereocenters. The fraction of sp³-hybridized carbons (Fsp3) is 0.500. The first-order chi connectivity index (χ1) is 6.97. The van der Waals surface area contributed by atoms with E-state index in [-0.39, 0.29) is 13.0 Å². The average molecular weight is 284 g/mol. The molecule has 7 heteroatoms. The van der Waals surface area contributed by atoms with Crippen LogP contribution in [0.1, 0.15) is 12.8 Å². The quantitative estimate of drug-likeness (QED) is 0.682. The number of halogens is 4. The lowest BCUT2D eigenvalue weighted by Crippen LogP contribution is -2.11. The molecule has 0 saturated heterocycles. The topological polar surface area (TPSA) is 37.8 Å². The summed E-state index contributed by atoms with van der Waals surface area (Å²) in [6.45, 7) is 0.239. The standard InChI is InChI=1S/C8H9BrF3N3/c9-6-4-7(15-5-14-6)13-3-1-2-8(10,11)12/h4-5H,1-3H2,(H,13,14,15). The van der Waals surface area contributed by atoms with Crippen molar-refractivity contribution in [2.24, 2.45) is 0 Å². The second-order valence-corrected chi connectivity index (χ2v) is 3.68. The number of rotatable bonds is 4. The lowest BCUT2D eigenvalue weighted by molar-refractivity contribution is -0.134. The van der Waals surface area contributed by atoms with Crippen molar-refractivity contribution in [3.8, 4) is 0 Å². The second kappa shape index (κ2) is 5.29. The highest BCUT2D eigenvalue weighted by molar-refractivity contribution is 9.10. The Bertz CT molecular complexity index is 316. The van der Waals surface area contributed by atoms with Crippen LogP contribution in [0.3, 0.4) is 0 Å². The molecular weight excluding hydrogens is 275 g/mol. The first kappa shape index (κ1) is 12.2. The van der Waals surface area contributed by atoms with Crippen molar-refractivity contribution >= 4 is 21.7 Å². The molecule has 84 valence electrons. The fourth-order valence-corrected chi connectivity index (χ4v) is 1.24. The van der Waals surface area contributed by atoms with Crippen LogP contribution in [0.2, 0.25) is 0 Å². The Kier molecular flexibility index (Phi) is 4.31. The number of anilines is 1. The van der Waals surface area contributed by atoms with E-state index in [1.807, 2.05) is 0 Å². The monoisotopic (exact) mass is 283 g/mol. The predicted octanol–water partition coefficient (Wildman–Crippen LogP) is 2.99. The molecule has 0 aromatic carbocycles. The van der Waals surface area contributed by atoms with Gasteiger partial charge in [-0.1, -0.05) is 0 Å². The van der Waals surface area contributed by atoms with E-state index in [9.17, 15) is 13.2 Å². The molecule has 1 rings (SSSR count). The van der Waals surface area contributed by atoms with E-state index < -0.39 is 12.6 Å². The SMILES string of the molecule is FC(F)(F)CCCNc1cc(Br)ncn1. The Hall–Kier alpha value is -0.850. The van der Waals surface area contributed by atoms with Gasteiger partial charge >= 0.3 is 6.18 Å². The largest absolute Gasteiger partial charge is 0.389 e. The molecule has 0 radical (unpaired) electrons. The van der Waals surface area contributed by atoms with Crippen molar-refractivity contribution in [2.75, 3.05) is 11.9 Å². The molecule has 1 heterocycles. The number of alkyl halides is 3. The number of hydrogen-bond donors (Lipinski definition) is 1. The van der Waals surface area contributed by atoms with Crippen LogP contribution in [-0.4, -0.2) is 22.7 Å². The molecule has 0 bridgehead atoms. The highest BCUT2D eigenvalue weighted by Crippen LogP contribution is 2.21. The van der Waals surface area contributed by atoms with Crippen LogP contribution in [0.4, 0.5) is 19.0 Å². The minimum absolute atomic E-state index is 0.0329. The maximum atomic E-state index is 11.8. The highest BCUT2D eigenvalue weighted by Gasteiger charge is 2.25. The Labute approximate surface area is 93.2 Å². The number of aromatic nitrogens is 2. The molecule has 0 spiro atoms. The lowest BCUT2D eigenvalue weighted by atomic mass is 10.3. The maximum absolute atomic E-state index is 11.8. The van der Waals surface area contributed by atoms with Gasteiger partial charge in [-0.05, 0) is 22.4 Å². The van der Waals surface area contributed by atoms with Crippen LogP contribution in [0.25, 0.3) is 0 Å². The summed E-state index contributed by atoms with van der Waals surface area (Å²) >= 11 is 3.13. The summed E-state index contributed by atoms with van der Waals surface area (Å²) < 4.78 is 35.9.